The summed E-state index contributed by atoms with van der Waals surface area (Å²) in [5, 5.41) is 0. The van der Waals surface area contributed by atoms with Gasteiger partial charge in [-0.25, -0.2) is 0 Å². The first-order valence-electron chi connectivity index (χ1n) is 4.83. The summed E-state index contributed by atoms with van der Waals surface area (Å²) in [4.78, 5) is 0. The number of rotatable bonds is 6. The summed E-state index contributed by atoms with van der Waals surface area (Å²) in [5.41, 5.74) is 0. The third kappa shape index (κ3) is 20.0. The molecule has 0 aliphatic rings. The van der Waals surface area contributed by atoms with Gasteiger partial charge < -0.3 is 34.0 Å². The molecule has 0 saturated heterocycles. The van der Waals surface area contributed by atoms with Crippen LogP contribution in [-0.4, -0.2) is 21.1 Å². The van der Waals surface area contributed by atoms with Crippen molar-refractivity contribution in [2.45, 2.75) is 49.4 Å². The normalized spacial score (nSPS) is 9.08. The van der Waals surface area contributed by atoms with Gasteiger partial charge in [-0.3, -0.25) is 0 Å². The van der Waals surface area contributed by atoms with Crippen LogP contribution in [0, 0.1) is 11.8 Å². The first-order chi connectivity index (χ1) is 5.13. The molecule has 13 heavy (non-hydrogen) atoms. The molecule has 0 N–H and O–H groups in total. The van der Waals surface area contributed by atoms with Gasteiger partial charge in [-0.15, -0.1) is 0 Å². The molecule has 0 rings (SSSR count). The molecule has 0 unspecified atom stereocenters. The minimum absolute atomic E-state index is 0. The van der Waals surface area contributed by atoms with Crippen LogP contribution >= 0.6 is 0 Å². The van der Waals surface area contributed by atoms with Gasteiger partial charge in [-0.05, 0) is 0 Å². The van der Waals surface area contributed by atoms with Crippen LogP contribution in [-0.2, 0) is 0 Å². The minimum atomic E-state index is 0. The van der Waals surface area contributed by atoms with E-state index in [0.717, 1.165) is 11.8 Å². The summed E-state index contributed by atoms with van der Waals surface area (Å²) in [6, 6.07) is 0. The Labute approximate surface area is 115 Å². The summed E-state index contributed by atoms with van der Waals surface area (Å²) in [5.74, 6) is 1.88. The molecular weight excluding hydrogens is 399 g/mol. The molecule has 0 saturated carbocycles. The van der Waals surface area contributed by atoms with E-state index >= 15 is 0 Å². The third-order valence-electron chi connectivity index (χ3n) is 1.80. The maximum absolute atomic E-state index is 2.34. The number of halogens is 2. The largest absolute Gasteiger partial charge is 1.00 e. The quantitative estimate of drug-likeness (QED) is 0.333. The van der Waals surface area contributed by atoms with Crippen LogP contribution in [0.15, 0.2) is 0 Å². The Morgan fingerprint density at radius 3 is 1.31 bits per heavy atom. The van der Waals surface area contributed by atoms with E-state index in [1.807, 2.05) is 0 Å². The van der Waals surface area contributed by atoms with E-state index in [0.29, 0.717) is 0 Å². The van der Waals surface area contributed by atoms with E-state index < -0.39 is 0 Å². The molecular formula is C10H22Br2Sn. The average Bonchev–Trinajstić information content (AvgIpc) is 1.85. The standard InChI is InChI=1S/2C5H11.2BrH.Sn/c2*1-4-5(2)3;;;/h2*5H,1,4H2,2-3H3;2*1H;/q;;;;+2/p-2. The van der Waals surface area contributed by atoms with E-state index in [4.69, 9.17) is 0 Å². The smallest absolute Gasteiger partial charge is 1.00 e. The second kappa shape index (κ2) is 13.8. The van der Waals surface area contributed by atoms with Gasteiger partial charge in [-0.2, -0.15) is 0 Å². The molecule has 0 heterocycles. The maximum Gasteiger partial charge on any atom is -1.00 e. The van der Waals surface area contributed by atoms with Crippen LogP contribution in [0.3, 0.4) is 0 Å². The van der Waals surface area contributed by atoms with Crippen LogP contribution in [0.1, 0.15) is 40.5 Å². The predicted octanol–water partition coefficient (Wildman–Crippen LogP) is -2.37. The van der Waals surface area contributed by atoms with E-state index in [1.54, 1.807) is 8.87 Å². The summed E-state index contributed by atoms with van der Waals surface area (Å²) < 4.78 is 3.21. The van der Waals surface area contributed by atoms with Crippen LogP contribution in [0.4, 0.5) is 0 Å². The van der Waals surface area contributed by atoms with Crippen molar-refractivity contribution < 1.29 is 34.0 Å². The van der Waals surface area contributed by atoms with Crippen molar-refractivity contribution in [3.05, 3.63) is 0 Å². The van der Waals surface area contributed by atoms with Crippen molar-refractivity contribution in [2.24, 2.45) is 11.8 Å². The van der Waals surface area contributed by atoms with Crippen molar-refractivity contribution >= 4 is 21.1 Å². The molecule has 0 aromatic carbocycles. The minimum Gasteiger partial charge on any atom is -1.00 e. The van der Waals surface area contributed by atoms with Gasteiger partial charge in [-0.1, -0.05) is 0 Å². The van der Waals surface area contributed by atoms with Gasteiger partial charge in [0.15, 0.2) is 0 Å². The Kier molecular flexibility index (Phi) is 21.4. The summed E-state index contributed by atoms with van der Waals surface area (Å²) in [7, 11) is 0. The summed E-state index contributed by atoms with van der Waals surface area (Å²) >= 11 is 0.0759. The third-order valence-corrected chi connectivity index (χ3v) is 5.46. The van der Waals surface area contributed by atoms with E-state index in [9.17, 15) is 0 Å². The molecule has 0 bridgehead atoms. The zero-order valence-electron chi connectivity index (χ0n) is 9.24. The van der Waals surface area contributed by atoms with Gasteiger partial charge in [0.1, 0.15) is 0 Å². The summed E-state index contributed by atoms with van der Waals surface area (Å²) in [6.45, 7) is 9.34. The van der Waals surface area contributed by atoms with Crippen LogP contribution in [0.25, 0.3) is 0 Å². The van der Waals surface area contributed by atoms with Gasteiger partial charge in [0.25, 0.3) is 0 Å². The molecule has 0 spiro atoms. The molecule has 0 aliphatic carbocycles. The first-order valence-corrected chi connectivity index (χ1v) is 8.87. The average molecular weight is 421 g/mol. The Morgan fingerprint density at radius 2 is 1.08 bits per heavy atom. The molecule has 0 aliphatic heterocycles. The van der Waals surface area contributed by atoms with Gasteiger partial charge >= 0.3 is 82.4 Å². The fourth-order valence-corrected chi connectivity index (χ4v) is 6.08. The maximum atomic E-state index is 2.34. The Morgan fingerprint density at radius 1 is 0.769 bits per heavy atom. The van der Waals surface area contributed by atoms with Crippen molar-refractivity contribution in [2.75, 3.05) is 0 Å². The van der Waals surface area contributed by atoms with Gasteiger partial charge in [0.2, 0.25) is 0 Å². The SMILES string of the molecule is CC(C)C[CH2][Sn+2][CH2]CC(C)C.[Br-].[Br-]. The molecule has 0 nitrogen and oxygen atoms in total. The first kappa shape index (κ1) is 20.2. The van der Waals surface area contributed by atoms with Crippen molar-refractivity contribution in [3.8, 4) is 0 Å². The van der Waals surface area contributed by atoms with Crippen LogP contribution in [0.5, 0.6) is 0 Å². The van der Waals surface area contributed by atoms with Crippen molar-refractivity contribution in [1.82, 2.24) is 0 Å². The van der Waals surface area contributed by atoms with Crippen molar-refractivity contribution in [3.63, 3.8) is 0 Å². The summed E-state index contributed by atoms with van der Waals surface area (Å²) in [6.07, 6.45) is 2.98. The fraction of sp³-hybridized carbons (Fsp3) is 1.00. The second-order valence-corrected chi connectivity index (χ2v) is 8.40. The Hall–Kier alpha value is 1.76. The molecule has 0 amide bonds. The molecule has 0 aromatic heterocycles. The zero-order valence-corrected chi connectivity index (χ0v) is 15.3. The fourth-order valence-electron chi connectivity index (χ4n) is 0.906. The predicted molar refractivity (Wildman–Crippen MR) is 54.3 cm³/mol. The van der Waals surface area contributed by atoms with Crippen molar-refractivity contribution in [1.29, 1.82) is 0 Å². The molecule has 0 radical (unpaired) electrons. The zero-order chi connectivity index (χ0) is 8.69. The monoisotopic (exact) mass is 420 g/mol. The van der Waals surface area contributed by atoms with Crippen LogP contribution in [0.2, 0.25) is 8.87 Å². The van der Waals surface area contributed by atoms with E-state index in [2.05, 4.69) is 27.7 Å². The van der Waals surface area contributed by atoms with E-state index in [-0.39, 0.29) is 55.1 Å². The molecule has 80 valence electrons. The molecule has 0 fully saturated rings. The molecule has 0 atom stereocenters. The van der Waals surface area contributed by atoms with E-state index in [1.165, 1.54) is 12.8 Å². The Bertz CT molecular complexity index is 75.0. The van der Waals surface area contributed by atoms with Gasteiger partial charge in [0, 0.05) is 0 Å². The second-order valence-electron chi connectivity index (χ2n) is 4.12. The number of hydrogen-bond acceptors (Lipinski definition) is 0. The van der Waals surface area contributed by atoms with Gasteiger partial charge in [0.05, 0.1) is 0 Å². The topological polar surface area (TPSA) is 0 Å². The number of hydrogen-bond donors (Lipinski definition) is 0. The molecule has 0 aromatic rings. The van der Waals surface area contributed by atoms with Crippen LogP contribution < -0.4 is 34.0 Å². The Balaban J connectivity index is -0.000000500. The molecule has 3 heteroatoms.